The van der Waals surface area contributed by atoms with Gasteiger partial charge in [0.1, 0.15) is 5.82 Å². The smallest absolute Gasteiger partial charge is 0.124 e. The predicted octanol–water partition coefficient (Wildman–Crippen LogP) is 4.61. The summed E-state index contributed by atoms with van der Waals surface area (Å²) in [5, 5.41) is 3.11. The normalized spacial score (nSPS) is 12.9. The van der Waals surface area contributed by atoms with Crippen molar-refractivity contribution in [1.82, 2.24) is 5.43 Å². The molecule has 3 rings (SSSR count). The first kappa shape index (κ1) is 14.2. The van der Waals surface area contributed by atoms with Crippen LogP contribution < -0.4 is 11.3 Å². The summed E-state index contributed by atoms with van der Waals surface area (Å²) in [5.41, 5.74) is 2.86. The highest BCUT2D eigenvalue weighted by Crippen LogP contribution is 2.33. The monoisotopic (exact) mass is 370 g/mol. The lowest BCUT2D eigenvalue weighted by atomic mass is 10.1. The molecule has 2 aromatic heterocycles. The summed E-state index contributed by atoms with van der Waals surface area (Å²) in [6, 6.07) is 9.08. The molecule has 1 unspecified atom stereocenters. The van der Waals surface area contributed by atoms with Crippen LogP contribution >= 0.6 is 38.6 Å². The third-order valence-corrected chi connectivity index (χ3v) is 6.00. The lowest BCUT2D eigenvalue weighted by molar-refractivity contribution is 0.564. The molecule has 0 amide bonds. The van der Waals surface area contributed by atoms with Gasteiger partial charge in [0.2, 0.25) is 0 Å². The predicted molar refractivity (Wildman–Crippen MR) is 87.6 cm³/mol. The van der Waals surface area contributed by atoms with Gasteiger partial charge in [-0.25, -0.2) is 4.39 Å². The van der Waals surface area contributed by atoms with Crippen molar-refractivity contribution in [3.05, 3.63) is 55.8 Å². The minimum Gasteiger partial charge on any atom is -0.271 e. The largest absolute Gasteiger partial charge is 0.271 e. The molecular weight excluding hydrogens is 359 g/mol. The topological polar surface area (TPSA) is 38.0 Å². The Labute approximate surface area is 132 Å². The SMILES string of the molecule is NNC(Cc1cc(Br)cs1)c1cc2ccc(F)cc2s1. The first-order chi connectivity index (χ1) is 9.65. The first-order valence-corrected chi connectivity index (χ1v) is 8.52. The fourth-order valence-electron chi connectivity index (χ4n) is 2.10. The molecule has 0 saturated heterocycles. The second-order valence-electron chi connectivity index (χ2n) is 4.49. The lowest BCUT2D eigenvalue weighted by Gasteiger charge is -2.12. The summed E-state index contributed by atoms with van der Waals surface area (Å²) in [6.45, 7) is 0. The van der Waals surface area contributed by atoms with Crippen LogP contribution in [0.15, 0.2) is 40.2 Å². The van der Waals surface area contributed by atoms with E-state index < -0.39 is 0 Å². The number of nitrogens with one attached hydrogen (secondary N) is 1. The average Bonchev–Trinajstić information content (AvgIpc) is 3.01. The number of rotatable bonds is 4. The number of halogens is 2. The zero-order chi connectivity index (χ0) is 14.1. The molecule has 2 heterocycles. The van der Waals surface area contributed by atoms with E-state index in [1.807, 2.05) is 0 Å². The van der Waals surface area contributed by atoms with E-state index in [4.69, 9.17) is 5.84 Å². The van der Waals surface area contributed by atoms with Crippen LogP contribution in [0.5, 0.6) is 0 Å². The Morgan fingerprint density at radius 1 is 1.30 bits per heavy atom. The van der Waals surface area contributed by atoms with Gasteiger partial charge in [-0.3, -0.25) is 11.3 Å². The van der Waals surface area contributed by atoms with Crippen molar-refractivity contribution in [3.8, 4) is 0 Å². The van der Waals surface area contributed by atoms with Crippen molar-refractivity contribution < 1.29 is 4.39 Å². The van der Waals surface area contributed by atoms with E-state index in [0.29, 0.717) is 0 Å². The van der Waals surface area contributed by atoms with Gasteiger partial charge in [-0.1, -0.05) is 6.07 Å². The molecule has 0 aliphatic carbocycles. The van der Waals surface area contributed by atoms with E-state index in [-0.39, 0.29) is 11.9 Å². The van der Waals surface area contributed by atoms with Crippen LogP contribution in [0.3, 0.4) is 0 Å². The van der Waals surface area contributed by atoms with E-state index in [1.165, 1.54) is 10.9 Å². The summed E-state index contributed by atoms with van der Waals surface area (Å²) in [5.74, 6) is 5.48. The molecular formula is C14H12BrFN2S2. The van der Waals surface area contributed by atoms with Crippen LogP contribution in [0.25, 0.3) is 10.1 Å². The molecule has 2 nitrogen and oxygen atoms in total. The fourth-order valence-corrected chi connectivity index (χ4v) is 4.75. The lowest BCUT2D eigenvalue weighted by Crippen LogP contribution is -2.28. The molecule has 0 radical (unpaired) electrons. The zero-order valence-corrected chi connectivity index (χ0v) is 13.6. The van der Waals surface area contributed by atoms with Gasteiger partial charge < -0.3 is 0 Å². The van der Waals surface area contributed by atoms with Gasteiger partial charge in [0.05, 0.1) is 6.04 Å². The third-order valence-electron chi connectivity index (χ3n) is 3.07. The molecule has 0 bridgehead atoms. The van der Waals surface area contributed by atoms with Gasteiger partial charge in [-0.2, -0.15) is 0 Å². The van der Waals surface area contributed by atoms with Gasteiger partial charge >= 0.3 is 0 Å². The molecule has 0 aliphatic heterocycles. The summed E-state index contributed by atoms with van der Waals surface area (Å²) < 4.78 is 15.3. The Morgan fingerprint density at radius 2 is 2.15 bits per heavy atom. The van der Waals surface area contributed by atoms with E-state index in [0.717, 1.165) is 25.9 Å². The van der Waals surface area contributed by atoms with E-state index in [2.05, 4.69) is 38.9 Å². The maximum atomic E-state index is 13.2. The number of nitrogens with two attached hydrogens (primary N) is 1. The Morgan fingerprint density at radius 3 is 2.85 bits per heavy atom. The first-order valence-electron chi connectivity index (χ1n) is 6.04. The molecule has 1 atom stereocenters. The fraction of sp³-hybridized carbons (Fsp3) is 0.143. The molecule has 3 aromatic rings. The van der Waals surface area contributed by atoms with Crippen LogP contribution in [-0.4, -0.2) is 0 Å². The van der Waals surface area contributed by atoms with Gasteiger partial charge in [0.15, 0.2) is 0 Å². The number of hydrazine groups is 1. The Kier molecular flexibility index (Phi) is 4.18. The maximum Gasteiger partial charge on any atom is 0.124 e. The van der Waals surface area contributed by atoms with Crippen LogP contribution in [-0.2, 0) is 6.42 Å². The van der Waals surface area contributed by atoms with Gasteiger partial charge in [-0.15, -0.1) is 22.7 Å². The summed E-state index contributed by atoms with van der Waals surface area (Å²) in [4.78, 5) is 2.38. The zero-order valence-electron chi connectivity index (χ0n) is 10.4. The number of hydrogen-bond donors (Lipinski definition) is 2. The summed E-state index contributed by atoms with van der Waals surface area (Å²) in [7, 11) is 0. The van der Waals surface area contributed by atoms with E-state index in [1.54, 1.807) is 34.8 Å². The van der Waals surface area contributed by atoms with Crippen molar-refractivity contribution in [3.63, 3.8) is 0 Å². The Balaban J connectivity index is 1.90. The standard InChI is InChI=1S/C14H12BrFN2S2/c15-9-4-11(19-7-9)6-12(18-17)14-3-8-1-2-10(16)5-13(8)20-14/h1-5,7,12,18H,6,17H2. The maximum absolute atomic E-state index is 13.2. The highest BCUT2D eigenvalue weighted by Gasteiger charge is 2.15. The molecule has 6 heteroatoms. The highest BCUT2D eigenvalue weighted by atomic mass is 79.9. The van der Waals surface area contributed by atoms with Crippen LogP contribution in [0.2, 0.25) is 0 Å². The second-order valence-corrected chi connectivity index (χ2v) is 7.51. The minimum atomic E-state index is -0.203. The third kappa shape index (κ3) is 2.94. The number of fused-ring (bicyclic) bond motifs is 1. The number of hydrogen-bond acceptors (Lipinski definition) is 4. The summed E-state index contributed by atoms with van der Waals surface area (Å²) in [6.07, 6.45) is 0.821. The van der Waals surface area contributed by atoms with Crippen LogP contribution in [0, 0.1) is 5.82 Å². The van der Waals surface area contributed by atoms with E-state index >= 15 is 0 Å². The molecule has 0 aliphatic rings. The van der Waals surface area contributed by atoms with Crippen molar-refractivity contribution in [2.75, 3.05) is 0 Å². The van der Waals surface area contributed by atoms with Crippen molar-refractivity contribution in [1.29, 1.82) is 0 Å². The van der Waals surface area contributed by atoms with Gasteiger partial charge in [0, 0.05) is 30.7 Å². The van der Waals surface area contributed by atoms with Crippen LogP contribution in [0.4, 0.5) is 4.39 Å². The Bertz CT molecular complexity index is 738. The van der Waals surface area contributed by atoms with Crippen molar-refractivity contribution in [2.24, 2.45) is 5.84 Å². The summed E-state index contributed by atoms with van der Waals surface area (Å²) >= 11 is 6.74. The Hall–Kier alpha value is -0.790. The average molecular weight is 371 g/mol. The minimum absolute atomic E-state index is 0.0426. The number of thiophene rings is 2. The number of benzene rings is 1. The molecule has 1 aromatic carbocycles. The van der Waals surface area contributed by atoms with Gasteiger partial charge in [-0.05, 0) is 45.6 Å². The quantitative estimate of drug-likeness (QED) is 0.519. The second kappa shape index (κ2) is 5.91. The molecule has 0 fully saturated rings. The molecule has 0 spiro atoms. The van der Waals surface area contributed by atoms with Crippen LogP contribution in [0.1, 0.15) is 15.8 Å². The van der Waals surface area contributed by atoms with E-state index in [9.17, 15) is 4.39 Å². The highest BCUT2D eigenvalue weighted by molar-refractivity contribution is 9.10. The molecule has 20 heavy (non-hydrogen) atoms. The molecule has 0 saturated carbocycles. The van der Waals surface area contributed by atoms with Crippen molar-refractivity contribution >= 4 is 48.7 Å². The molecule has 104 valence electrons. The van der Waals surface area contributed by atoms with Gasteiger partial charge in [0.25, 0.3) is 0 Å². The molecule has 3 N–H and O–H groups in total. The van der Waals surface area contributed by atoms with Crippen molar-refractivity contribution in [2.45, 2.75) is 12.5 Å².